The van der Waals surface area contributed by atoms with E-state index in [1.54, 1.807) is 0 Å². The number of nitrogens with one attached hydrogen (secondary N) is 1. The maximum Gasteiger partial charge on any atom is 0.136 e. The van der Waals surface area contributed by atoms with Gasteiger partial charge in [0.2, 0.25) is 0 Å². The molecule has 1 atom stereocenters. The molecule has 1 aliphatic carbocycles. The largest absolute Gasteiger partial charge is 0.313 e. The highest BCUT2D eigenvalue weighted by Gasteiger charge is 2.40. The minimum Gasteiger partial charge on any atom is -0.313 e. The van der Waals surface area contributed by atoms with Crippen LogP contribution < -0.4 is 5.32 Å². The van der Waals surface area contributed by atoms with Crippen LogP contribution in [0.15, 0.2) is 24.3 Å². The van der Waals surface area contributed by atoms with Gasteiger partial charge in [-0.1, -0.05) is 24.3 Å². The van der Waals surface area contributed by atoms with Crippen molar-refractivity contribution in [1.82, 2.24) is 5.32 Å². The van der Waals surface area contributed by atoms with Gasteiger partial charge in [-0.2, -0.15) is 0 Å². The summed E-state index contributed by atoms with van der Waals surface area (Å²) >= 11 is 0. The van der Waals surface area contributed by atoms with Crippen LogP contribution in [0.5, 0.6) is 0 Å². The molecule has 1 aliphatic rings. The topological polar surface area (TPSA) is 12.0 Å². The van der Waals surface area contributed by atoms with Gasteiger partial charge in [0.1, 0.15) is 5.67 Å². The first-order valence-corrected chi connectivity index (χ1v) is 5.63. The molecule has 0 saturated heterocycles. The van der Waals surface area contributed by atoms with Crippen molar-refractivity contribution in [2.24, 2.45) is 0 Å². The summed E-state index contributed by atoms with van der Waals surface area (Å²) in [6, 6.07) is 8.09. The van der Waals surface area contributed by atoms with E-state index >= 15 is 0 Å². The first-order valence-electron chi connectivity index (χ1n) is 5.63. The van der Waals surface area contributed by atoms with Crippen molar-refractivity contribution in [1.29, 1.82) is 0 Å². The molecule has 0 heterocycles. The predicted molar refractivity (Wildman–Crippen MR) is 60.6 cm³/mol. The fourth-order valence-corrected chi connectivity index (χ4v) is 2.19. The molecule has 1 nitrogen and oxygen atoms in total. The molecular formula is C13H18FN. The van der Waals surface area contributed by atoms with E-state index in [2.05, 4.69) is 12.2 Å². The van der Waals surface area contributed by atoms with Gasteiger partial charge in [-0.05, 0) is 44.4 Å². The van der Waals surface area contributed by atoms with Crippen molar-refractivity contribution in [3.8, 4) is 0 Å². The zero-order valence-corrected chi connectivity index (χ0v) is 9.39. The van der Waals surface area contributed by atoms with Crippen LogP contribution in [0.1, 0.15) is 43.4 Å². The number of halogens is 1. The average molecular weight is 207 g/mol. The lowest BCUT2D eigenvalue weighted by molar-refractivity contribution is 0.0594. The Morgan fingerprint density at radius 3 is 2.53 bits per heavy atom. The van der Waals surface area contributed by atoms with Crippen molar-refractivity contribution in [2.75, 3.05) is 7.05 Å². The van der Waals surface area contributed by atoms with Crippen molar-refractivity contribution in [3.63, 3.8) is 0 Å². The molecule has 2 heteroatoms. The van der Waals surface area contributed by atoms with Crippen LogP contribution in [0.2, 0.25) is 0 Å². The second-order valence-corrected chi connectivity index (χ2v) is 4.42. The molecule has 1 fully saturated rings. The number of alkyl halides is 1. The number of benzene rings is 1. The minimum atomic E-state index is -1.05. The summed E-state index contributed by atoms with van der Waals surface area (Å²) in [5.41, 5.74) is 0.933. The highest BCUT2D eigenvalue weighted by Crippen LogP contribution is 2.47. The van der Waals surface area contributed by atoms with E-state index in [9.17, 15) is 4.39 Å². The maximum atomic E-state index is 14.4. The van der Waals surface area contributed by atoms with Crippen molar-refractivity contribution in [2.45, 2.75) is 37.9 Å². The van der Waals surface area contributed by atoms with Crippen LogP contribution in [0.4, 0.5) is 4.39 Å². The summed E-state index contributed by atoms with van der Waals surface area (Å²) in [6.45, 7) is 2.07. The first kappa shape index (κ1) is 10.6. The molecule has 0 radical (unpaired) electrons. The Hall–Kier alpha value is -0.890. The summed E-state index contributed by atoms with van der Waals surface area (Å²) in [5.74, 6) is 0. The Morgan fingerprint density at radius 2 is 2.00 bits per heavy atom. The van der Waals surface area contributed by atoms with Crippen LogP contribution in [0.25, 0.3) is 0 Å². The van der Waals surface area contributed by atoms with Gasteiger partial charge in [0.05, 0.1) is 0 Å². The van der Waals surface area contributed by atoms with Gasteiger partial charge < -0.3 is 5.32 Å². The van der Waals surface area contributed by atoms with Gasteiger partial charge in [0.15, 0.2) is 0 Å². The smallest absolute Gasteiger partial charge is 0.136 e. The molecular weight excluding hydrogens is 189 g/mol. The Bertz CT molecular complexity index is 344. The molecule has 2 rings (SSSR count). The lowest BCUT2D eigenvalue weighted by atomic mass is 9.74. The normalized spacial score (nSPS) is 20.7. The van der Waals surface area contributed by atoms with Crippen LogP contribution in [-0.2, 0) is 5.67 Å². The van der Waals surface area contributed by atoms with E-state index in [0.29, 0.717) is 12.8 Å². The summed E-state index contributed by atoms with van der Waals surface area (Å²) in [5, 5.41) is 3.18. The van der Waals surface area contributed by atoms with Gasteiger partial charge in [-0.25, -0.2) is 4.39 Å². The van der Waals surface area contributed by atoms with E-state index < -0.39 is 5.67 Å². The van der Waals surface area contributed by atoms with E-state index in [-0.39, 0.29) is 6.04 Å². The fourth-order valence-electron chi connectivity index (χ4n) is 2.19. The molecule has 82 valence electrons. The minimum absolute atomic E-state index is 0.217. The third-order valence-electron chi connectivity index (χ3n) is 3.49. The first-order chi connectivity index (χ1) is 7.17. The third kappa shape index (κ3) is 1.78. The second-order valence-electron chi connectivity index (χ2n) is 4.42. The lowest BCUT2D eigenvalue weighted by Crippen LogP contribution is -2.31. The van der Waals surface area contributed by atoms with Crippen molar-refractivity contribution >= 4 is 0 Å². The summed E-state index contributed by atoms with van der Waals surface area (Å²) in [7, 11) is 1.91. The van der Waals surface area contributed by atoms with Gasteiger partial charge in [0.25, 0.3) is 0 Å². The Labute approximate surface area is 90.7 Å². The zero-order valence-electron chi connectivity index (χ0n) is 9.39. The summed E-state index contributed by atoms with van der Waals surface area (Å²) in [6.07, 6.45) is 2.37. The molecule has 1 unspecified atom stereocenters. The van der Waals surface area contributed by atoms with Crippen LogP contribution in [0.3, 0.4) is 0 Å². The van der Waals surface area contributed by atoms with Crippen LogP contribution in [0, 0.1) is 0 Å². The fraction of sp³-hybridized carbons (Fsp3) is 0.538. The quantitative estimate of drug-likeness (QED) is 0.801. The summed E-state index contributed by atoms with van der Waals surface area (Å²) in [4.78, 5) is 0. The average Bonchev–Trinajstić information content (AvgIpc) is 2.25. The van der Waals surface area contributed by atoms with Crippen LogP contribution in [-0.4, -0.2) is 7.05 Å². The van der Waals surface area contributed by atoms with E-state index in [4.69, 9.17) is 0 Å². The van der Waals surface area contributed by atoms with Crippen molar-refractivity contribution in [3.05, 3.63) is 35.4 Å². The Morgan fingerprint density at radius 1 is 1.33 bits per heavy atom. The molecule has 0 aliphatic heterocycles. The molecule has 0 spiro atoms. The van der Waals surface area contributed by atoms with Gasteiger partial charge in [0, 0.05) is 6.04 Å². The monoisotopic (exact) mass is 207 g/mol. The third-order valence-corrected chi connectivity index (χ3v) is 3.49. The van der Waals surface area contributed by atoms with E-state index in [0.717, 1.165) is 17.5 Å². The molecule has 0 aromatic heterocycles. The van der Waals surface area contributed by atoms with E-state index in [1.165, 1.54) is 0 Å². The number of rotatable bonds is 3. The second kappa shape index (κ2) is 3.93. The number of hydrogen-bond acceptors (Lipinski definition) is 1. The van der Waals surface area contributed by atoms with Gasteiger partial charge >= 0.3 is 0 Å². The Kier molecular flexibility index (Phi) is 2.79. The lowest BCUT2D eigenvalue weighted by Gasteiger charge is -2.36. The van der Waals surface area contributed by atoms with Crippen LogP contribution >= 0.6 is 0 Å². The molecule has 1 N–H and O–H groups in total. The zero-order chi connectivity index (χ0) is 10.9. The van der Waals surface area contributed by atoms with Gasteiger partial charge in [-0.3, -0.25) is 0 Å². The SMILES string of the molecule is CNC(C)c1ccccc1C1(F)CCC1. The molecule has 0 bridgehead atoms. The molecule has 0 amide bonds. The van der Waals surface area contributed by atoms with Gasteiger partial charge in [-0.15, -0.1) is 0 Å². The molecule has 1 saturated carbocycles. The summed E-state index contributed by atoms with van der Waals surface area (Å²) < 4.78 is 14.4. The van der Waals surface area contributed by atoms with E-state index in [1.807, 2.05) is 31.3 Å². The molecule has 1 aromatic rings. The Balaban J connectivity index is 2.37. The predicted octanol–water partition coefficient (Wildman–Crippen LogP) is 3.32. The highest BCUT2D eigenvalue weighted by atomic mass is 19.1. The highest BCUT2D eigenvalue weighted by molar-refractivity contribution is 5.36. The molecule has 1 aromatic carbocycles. The standard InChI is InChI=1S/C13H18FN/c1-10(15-2)11-6-3-4-7-12(11)13(14)8-5-9-13/h3-4,6-7,10,15H,5,8-9H2,1-2H3. The van der Waals surface area contributed by atoms with Crippen molar-refractivity contribution < 1.29 is 4.39 Å². The number of hydrogen-bond donors (Lipinski definition) is 1. The maximum absolute atomic E-state index is 14.4. The molecule has 15 heavy (non-hydrogen) atoms.